The van der Waals surface area contributed by atoms with E-state index in [0.717, 1.165) is 59.5 Å². The first-order valence-electron chi connectivity index (χ1n) is 12.1. The molecule has 2 unspecified atom stereocenters. The first kappa shape index (κ1) is 26.5. The molecule has 6 nitrogen and oxygen atoms in total. The molecule has 4 aliphatic rings. The fraction of sp³-hybridized carbons (Fsp3) is 0.267. The summed E-state index contributed by atoms with van der Waals surface area (Å²) < 4.78 is 10.5. The standard InChI is InChI=1S/2C15H14O3.Cu/c2*1-18-10-3-5-11-9(6-10)2-4-12-13(11)7-15(17)14(12)8-16;/h2*3,5-8,12,16H,2,4H2,1H3;/q;;+2/p+4. The van der Waals surface area contributed by atoms with Crippen LogP contribution in [-0.2, 0) is 29.9 Å². The van der Waals surface area contributed by atoms with Gasteiger partial charge in [0.2, 0.25) is 12.5 Å². The van der Waals surface area contributed by atoms with Crippen LogP contribution in [0.1, 0.15) is 35.1 Å². The number of hydrogen-bond acceptors (Lipinski definition) is 2. The minimum Gasteiger partial charge on any atom is -0.598 e. The first-order chi connectivity index (χ1) is 17.5. The number of rotatable bonds is 2. The minimum atomic E-state index is 0. The van der Waals surface area contributed by atoms with Gasteiger partial charge in [-0.15, -0.1) is 0 Å². The maximum atomic E-state index is 9.87. The Kier molecular flexibility index (Phi) is 7.76. The van der Waals surface area contributed by atoms with Crippen LogP contribution in [0.15, 0.2) is 72.2 Å². The summed E-state index contributed by atoms with van der Waals surface area (Å²) in [6.45, 7) is 0. The second-order valence-electron chi connectivity index (χ2n) is 9.40. The van der Waals surface area contributed by atoms with Crippen molar-refractivity contribution in [2.24, 2.45) is 11.8 Å². The first-order valence-corrected chi connectivity index (χ1v) is 12.1. The average Bonchev–Trinajstić information content (AvgIpc) is 3.42. The van der Waals surface area contributed by atoms with Gasteiger partial charge in [0.05, 0.1) is 14.2 Å². The van der Waals surface area contributed by atoms with E-state index in [1.165, 1.54) is 34.8 Å². The summed E-state index contributed by atoms with van der Waals surface area (Å²) in [6.07, 6.45) is 9.96. The van der Waals surface area contributed by atoms with Crippen LogP contribution in [0.5, 0.6) is 11.5 Å². The predicted molar refractivity (Wildman–Crippen MR) is 143 cm³/mol. The molecule has 6 rings (SSSR count). The molecular formula is C30H32CuO6+6. The molecule has 0 fully saturated rings. The SMILES string of the molecule is COc1ccc2c(c1)CCC1C(=C[OH2+])C(=[OH+])C=C21.COc1ccc2c(c1)CCC1C(=C[OH2+])C(=[OH+])C=C21.[Cu+2]. The number of hydrogen-bond donors (Lipinski definition) is 0. The van der Waals surface area contributed by atoms with Gasteiger partial charge in [0, 0.05) is 24.0 Å². The number of ketones is 2. The third kappa shape index (κ3) is 4.65. The van der Waals surface area contributed by atoms with Crippen LogP contribution in [0, 0.1) is 11.8 Å². The number of allylic oxidation sites excluding steroid dienone is 6. The minimum absolute atomic E-state index is 0. The number of aryl methyl sites for hydroxylation is 2. The second kappa shape index (κ2) is 10.8. The van der Waals surface area contributed by atoms with E-state index in [0.29, 0.717) is 0 Å². The van der Waals surface area contributed by atoms with Crippen molar-refractivity contribution in [1.82, 2.24) is 0 Å². The molecular weight excluding hydrogens is 520 g/mol. The molecule has 4 aliphatic carbocycles. The van der Waals surface area contributed by atoms with Crippen LogP contribution in [0.4, 0.5) is 0 Å². The number of fused-ring (bicyclic) bond motifs is 6. The Morgan fingerprint density at radius 2 is 1.14 bits per heavy atom. The topological polar surface area (TPSA) is 107 Å². The van der Waals surface area contributed by atoms with Crippen molar-refractivity contribution >= 4 is 22.7 Å². The van der Waals surface area contributed by atoms with Crippen LogP contribution in [-0.4, -0.2) is 45.6 Å². The van der Waals surface area contributed by atoms with Crippen LogP contribution < -0.4 is 9.47 Å². The molecule has 2 aromatic rings. The molecule has 6 N–H and O–H groups in total. The largest absolute Gasteiger partial charge is 2.00 e. The van der Waals surface area contributed by atoms with E-state index in [4.69, 9.17) is 19.7 Å². The van der Waals surface area contributed by atoms with E-state index in [2.05, 4.69) is 12.1 Å². The molecule has 1 radical (unpaired) electrons. The predicted octanol–water partition coefficient (Wildman–Crippen LogP) is 3.61. The van der Waals surface area contributed by atoms with Gasteiger partial charge in [0.1, 0.15) is 22.6 Å². The zero-order chi connectivity index (χ0) is 25.4. The Labute approximate surface area is 226 Å². The van der Waals surface area contributed by atoms with Gasteiger partial charge in [-0.25, -0.2) is 0 Å². The molecule has 0 spiro atoms. The normalized spacial score (nSPS) is 23.0. The molecule has 0 saturated heterocycles. The van der Waals surface area contributed by atoms with Crippen molar-refractivity contribution in [3.63, 3.8) is 0 Å². The quantitative estimate of drug-likeness (QED) is 0.246. The molecule has 0 saturated carbocycles. The van der Waals surface area contributed by atoms with Crippen LogP contribution >= 0.6 is 0 Å². The van der Waals surface area contributed by atoms with Gasteiger partial charge < -0.3 is 19.7 Å². The van der Waals surface area contributed by atoms with E-state index >= 15 is 0 Å². The van der Waals surface area contributed by atoms with Gasteiger partial charge in [-0.2, -0.15) is 0 Å². The van der Waals surface area contributed by atoms with Gasteiger partial charge in [-0.05, 0) is 83.3 Å². The van der Waals surface area contributed by atoms with Crippen molar-refractivity contribution in [2.75, 3.05) is 14.2 Å². The van der Waals surface area contributed by atoms with Crippen molar-refractivity contribution in [3.8, 4) is 11.5 Å². The second-order valence-corrected chi connectivity index (χ2v) is 9.40. The summed E-state index contributed by atoms with van der Waals surface area (Å²) in [6, 6.07) is 12.1. The van der Waals surface area contributed by atoms with Gasteiger partial charge in [-0.3, -0.25) is 9.59 Å². The summed E-state index contributed by atoms with van der Waals surface area (Å²) in [5.74, 6) is 2.60. The number of benzene rings is 2. The molecule has 7 heteroatoms. The smallest absolute Gasteiger partial charge is 0.598 e. The van der Waals surface area contributed by atoms with E-state index in [1.807, 2.05) is 24.3 Å². The fourth-order valence-electron chi connectivity index (χ4n) is 5.83. The van der Waals surface area contributed by atoms with Crippen LogP contribution in [0.3, 0.4) is 0 Å². The summed E-state index contributed by atoms with van der Waals surface area (Å²) in [7, 11) is 3.34. The van der Waals surface area contributed by atoms with E-state index in [1.54, 1.807) is 26.4 Å². The molecule has 0 amide bonds. The van der Waals surface area contributed by atoms with Gasteiger partial charge in [0.25, 0.3) is 0 Å². The fourth-order valence-corrected chi connectivity index (χ4v) is 5.83. The van der Waals surface area contributed by atoms with Crippen molar-refractivity contribution < 1.29 is 46.3 Å². The number of methoxy groups -OCH3 is 2. The van der Waals surface area contributed by atoms with Gasteiger partial charge in [0.15, 0.2) is 0 Å². The molecule has 0 heterocycles. The molecule has 0 aliphatic heterocycles. The Hall–Kier alpha value is -3.54. The summed E-state index contributed by atoms with van der Waals surface area (Å²) in [5, 5.41) is 14.8. The van der Waals surface area contributed by atoms with Gasteiger partial charge >= 0.3 is 28.6 Å². The summed E-state index contributed by atoms with van der Waals surface area (Å²) in [5.41, 5.74) is 8.63. The zero-order valence-corrected chi connectivity index (χ0v) is 21.7. The van der Waals surface area contributed by atoms with Gasteiger partial charge in [-0.1, -0.05) is 12.1 Å². The Morgan fingerprint density at radius 1 is 0.730 bits per heavy atom. The third-order valence-electron chi connectivity index (χ3n) is 7.64. The average molecular weight is 552 g/mol. The van der Waals surface area contributed by atoms with E-state index < -0.39 is 0 Å². The number of ether oxygens (including phenoxy) is 2. The monoisotopic (exact) mass is 551 g/mol. The summed E-state index contributed by atoms with van der Waals surface area (Å²) >= 11 is 0. The van der Waals surface area contributed by atoms with E-state index in [-0.39, 0.29) is 40.5 Å². The number of carbonyl (C=O) groups excluding carboxylic acids is 2. The van der Waals surface area contributed by atoms with E-state index in [9.17, 15) is 9.59 Å². The Balaban J connectivity index is 0.000000168. The Morgan fingerprint density at radius 3 is 1.49 bits per heavy atom. The third-order valence-corrected chi connectivity index (χ3v) is 7.64. The molecule has 193 valence electrons. The van der Waals surface area contributed by atoms with Crippen molar-refractivity contribution in [1.29, 1.82) is 0 Å². The molecule has 2 aromatic carbocycles. The molecule has 37 heavy (non-hydrogen) atoms. The molecule has 2 atom stereocenters. The van der Waals surface area contributed by atoms with Crippen LogP contribution in [0.2, 0.25) is 0 Å². The molecule has 0 bridgehead atoms. The maximum Gasteiger partial charge on any atom is 2.00 e. The van der Waals surface area contributed by atoms with Crippen LogP contribution in [0.25, 0.3) is 11.1 Å². The van der Waals surface area contributed by atoms with Crippen molar-refractivity contribution in [3.05, 3.63) is 94.5 Å². The van der Waals surface area contributed by atoms with Crippen molar-refractivity contribution in [2.45, 2.75) is 25.7 Å². The zero-order valence-electron chi connectivity index (χ0n) is 20.8. The molecule has 0 aromatic heterocycles. The Bertz CT molecular complexity index is 1270. The summed E-state index contributed by atoms with van der Waals surface area (Å²) in [4.78, 5) is 19.7. The maximum absolute atomic E-state index is 9.87.